The van der Waals surface area contributed by atoms with E-state index < -0.39 is 0 Å². The number of aliphatic hydroxyl groups is 1. The third-order valence-corrected chi connectivity index (χ3v) is 3.50. The maximum atomic E-state index is 12.0. The maximum absolute atomic E-state index is 12.0. The Balaban J connectivity index is 2.74. The van der Waals surface area contributed by atoms with Crippen molar-refractivity contribution < 1.29 is 14.6 Å². The molecule has 1 aromatic rings. The molecule has 0 saturated heterocycles. The minimum atomic E-state index is -0.379. The number of nitrogens with one attached hydrogen (secondary N) is 1. The monoisotopic (exact) mass is 291 g/mol. The van der Waals surface area contributed by atoms with Gasteiger partial charge >= 0.3 is 0 Å². The zero-order valence-electron chi connectivity index (χ0n) is 13.1. The van der Waals surface area contributed by atoms with Crippen LogP contribution in [0.3, 0.4) is 0 Å². The fourth-order valence-corrected chi connectivity index (χ4v) is 1.98. The molecule has 0 bridgehead atoms. The molecule has 1 unspecified atom stereocenters. The van der Waals surface area contributed by atoms with Crippen molar-refractivity contribution >= 4 is 12.0 Å². The minimum absolute atomic E-state index is 0.0571. The van der Waals surface area contributed by atoms with Crippen LogP contribution in [-0.4, -0.2) is 29.8 Å². The molecule has 0 heterocycles. The standard InChI is InChI=1S/C17H25NO3/c1-4-17(3,12-13-19)18-16(20)11-10-14-8-6-7-9-15(14)21-5-2/h6-11,19H,4-5,12-13H2,1-3H3,(H,18,20)/b11-10+. The van der Waals surface area contributed by atoms with Crippen molar-refractivity contribution in [2.24, 2.45) is 0 Å². The number of hydrogen-bond acceptors (Lipinski definition) is 3. The van der Waals surface area contributed by atoms with Gasteiger partial charge in [0.25, 0.3) is 0 Å². The van der Waals surface area contributed by atoms with Gasteiger partial charge in [0.05, 0.1) is 6.61 Å². The van der Waals surface area contributed by atoms with Crippen molar-refractivity contribution in [3.63, 3.8) is 0 Å². The molecule has 1 atom stereocenters. The predicted molar refractivity (Wildman–Crippen MR) is 85.2 cm³/mol. The van der Waals surface area contributed by atoms with E-state index in [2.05, 4.69) is 5.32 Å². The number of ether oxygens (including phenoxy) is 1. The summed E-state index contributed by atoms with van der Waals surface area (Å²) in [6.45, 7) is 6.49. The summed E-state index contributed by atoms with van der Waals surface area (Å²) < 4.78 is 5.51. The van der Waals surface area contributed by atoms with Crippen LogP contribution in [0.1, 0.15) is 39.2 Å². The van der Waals surface area contributed by atoms with Crippen LogP contribution in [0.25, 0.3) is 6.08 Å². The number of hydrogen-bond donors (Lipinski definition) is 2. The van der Waals surface area contributed by atoms with Crippen molar-refractivity contribution in [1.29, 1.82) is 0 Å². The summed E-state index contributed by atoms with van der Waals surface area (Å²) in [6, 6.07) is 7.59. The molecule has 0 fully saturated rings. The molecule has 0 aliphatic rings. The SMILES string of the molecule is CCOc1ccccc1/C=C/C(=O)NC(C)(CC)CCO. The van der Waals surface area contributed by atoms with E-state index in [0.29, 0.717) is 13.0 Å². The third-order valence-electron chi connectivity index (χ3n) is 3.50. The van der Waals surface area contributed by atoms with E-state index >= 15 is 0 Å². The Bertz CT molecular complexity index is 485. The molecule has 0 spiro atoms. The summed E-state index contributed by atoms with van der Waals surface area (Å²) >= 11 is 0. The second-order valence-corrected chi connectivity index (χ2v) is 5.18. The lowest BCUT2D eigenvalue weighted by Crippen LogP contribution is -2.45. The summed E-state index contributed by atoms with van der Waals surface area (Å²) in [5.74, 6) is 0.594. The van der Waals surface area contributed by atoms with Gasteiger partial charge in [-0.3, -0.25) is 4.79 Å². The molecule has 4 heteroatoms. The van der Waals surface area contributed by atoms with Crippen LogP contribution in [0.5, 0.6) is 5.75 Å². The van der Waals surface area contributed by atoms with Gasteiger partial charge in [-0.1, -0.05) is 25.1 Å². The molecule has 0 aliphatic heterocycles. The Kier molecular flexibility index (Phi) is 6.96. The molecule has 0 aromatic heterocycles. The summed E-state index contributed by atoms with van der Waals surface area (Å²) in [5, 5.41) is 12.0. The summed E-state index contributed by atoms with van der Waals surface area (Å²) in [4.78, 5) is 12.0. The Morgan fingerprint density at radius 1 is 1.38 bits per heavy atom. The first-order chi connectivity index (χ1) is 10.0. The molecule has 116 valence electrons. The first kappa shape index (κ1) is 17.2. The van der Waals surface area contributed by atoms with Gasteiger partial charge < -0.3 is 15.2 Å². The van der Waals surface area contributed by atoms with E-state index in [0.717, 1.165) is 17.7 Å². The molecule has 1 rings (SSSR count). The van der Waals surface area contributed by atoms with Gasteiger partial charge in [-0.2, -0.15) is 0 Å². The van der Waals surface area contributed by atoms with Gasteiger partial charge in [0, 0.05) is 23.8 Å². The largest absolute Gasteiger partial charge is 0.493 e. The van der Waals surface area contributed by atoms with Crippen molar-refractivity contribution in [1.82, 2.24) is 5.32 Å². The number of aliphatic hydroxyl groups excluding tert-OH is 1. The fraction of sp³-hybridized carbons (Fsp3) is 0.471. The Labute approximate surface area is 126 Å². The number of amides is 1. The molecular formula is C17H25NO3. The number of benzene rings is 1. The van der Waals surface area contributed by atoms with Crippen LogP contribution >= 0.6 is 0 Å². The van der Waals surface area contributed by atoms with Crippen LogP contribution in [0.2, 0.25) is 0 Å². The average molecular weight is 291 g/mol. The van der Waals surface area contributed by atoms with Crippen LogP contribution in [0.15, 0.2) is 30.3 Å². The topological polar surface area (TPSA) is 58.6 Å². The van der Waals surface area contributed by atoms with E-state index in [1.807, 2.05) is 45.0 Å². The van der Waals surface area contributed by atoms with Crippen molar-refractivity contribution in [2.75, 3.05) is 13.2 Å². The molecule has 1 amide bonds. The van der Waals surface area contributed by atoms with Gasteiger partial charge in [0.15, 0.2) is 0 Å². The summed E-state index contributed by atoms with van der Waals surface area (Å²) in [7, 11) is 0. The highest BCUT2D eigenvalue weighted by atomic mass is 16.5. The fourth-order valence-electron chi connectivity index (χ4n) is 1.98. The molecular weight excluding hydrogens is 266 g/mol. The van der Waals surface area contributed by atoms with Crippen molar-refractivity contribution in [3.05, 3.63) is 35.9 Å². The summed E-state index contributed by atoms with van der Waals surface area (Å²) in [6.07, 6.45) is 4.56. The first-order valence-electron chi connectivity index (χ1n) is 7.37. The van der Waals surface area contributed by atoms with Gasteiger partial charge in [0.1, 0.15) is 5.75 Å². The zero-order chi connectivity index (χ0) is 15.7. The van der Waals surface area contributed by atoms with Crippen LogP contribution in [0.4, 0.5) is 0 Å². The molecule has 21 heavy (non-hydrogen) atoms. The van der Waals surface area contributed by atoms with Crippen LogP contribution < -0.4 is 10.1 Å². The van der Waals surface area contributed by atoms with E-state index in [-0.39, 0.29) is 18.1 Å². The van der Waals surface area contributed by atoms with Crippen molar-refractivity contribution in [3.8, 4) is 5.75 Å². The highest BCUT2D eigenvalue weighted by molar-refractivity contribution is 5.92. The predicted octanol–water partition coefficient (Wildman–Crippen LogP) is 2.77. The average Bonchev–Trinajstić information content (AvgIpc) is 2.47. The lowest BCUT2D eigenvalue weighted by atomic mass is 9.95. The van der Waals surface area contributed by atoms with E-state index in [1.54, 1.807) is 6.08 Å². The first-order valence-corrected chi connectivity index (χ1v) is 7.37. The molecule has 4 nitrogen and oxygen atoms in total. The quantitative estimate of drug-likeness (QED) is 0.724. The second kappa shape index (κ2) is 8.47. The van der Waals surface area contributed by atoms with Gasteiger partial charge in [-0.25, -0.2) is 0 Å². The Hall–Kier alpha value is -1.81. The normalized spacial score (nSPS) is 13.9. The smallest absolute Gasteiger partial charge is 0.244 e. The van der Waals surface area contributed by atoms with Gasteiger partial charge in [0.2, 0.25) is 5.91 Å². The number of carbonyl (C=O) groups excluding carboxylic acids is 1. The molecule has 1 aromatic carbocycles. The van der Waals surface area contributed by atoms with Crippen molar-refractivity contribution in [2.45, 2.75) is 39.2 Å². The lowest BCUT2D eigenvalue weighted by molar-refractivity contribution is -0.118. The number of carbonyl (C=O) groups is 1. The molecule has 0 aliphatic carbocycles. The molecule has 0 saturated carbocycles. The highest BCUT2D eigenvalue weighted by Crippen LogP contribution is 2.19. The van der Waals surface area contributed by atoms with Gasteiger partial charge in [-0.05, 0) is 38.8 Å². The lowest BCUT2D eigenvalue weighted by Gasteiger charge is -2.28. The minimum Gasteiger partial charge on any atom is -0.493 e. The Morgan fingerprint density at radius 3 is 2.71 bits per heavy atom. The highest BCUT2D eigenvalue weighted by Gasteiger charge is 2.22. The number of para-hydroxylation sites is 1. The molecule has 2 N–H and O–H groups in total. The zero-order valence-corrected chi connectivity index (χ0v) is 13.1. The second-order valence-electron chi connectivity index (χ2n) is 5.18. The number of rotatable bonds is 8. The maximum Gasteiger partial charge on any atom is 0.244 e. The van der Waals surface area contributed by atoms with Crippen LogP contribution in [-0.2, 0) is 4.79 Å². The van der Waals surface area contributed by atoms with E-state index in [4.69, 9.17) is 9.84 Å². The third kappa shape index (κ3) is 5.60. The summed E-state index contributed by atoms with van der Waals surface area (Å²) in [5.41, 5.74) is 0.491. The van der Waals surface area contributed by atoms with Gasteiger partial charge in [-0.15, -0.1) is 0 Å². The Morgan fingerprint density at radius 2 is 2.10 bits per heavy atom. The van der Waals surface area contributed by atoms with Crippen LogP contribution in [0, 0.1) is 0 Å². The van der Waals surface area contributed by atoms with E-state index in [1.165, 1.54) is 6.08 Å². The molecule has 0 radical (unpaired) electrons. The van der Waals surface area contributed by atoms with E-state index in [9.17, 15) is 4.79 Å².